The highest BCUT2D eigenvalue weighted by molar-refractivity contribution is 6.31. The summed E-state index contributed by atoms with van der Waals surface area (Å²) in [5, 5.41) is 0.546. The molecule has 98 valence electrons. The zero-order valence-electron chi connectivity index (χ0n) is 10.9. The van der Waals surface area contributed by atoms with Crippen molar-refractivity contribution in [3.05, 3.63) is 40.9 Å². The maximum Gasteiger partial charge on any atom is 0.153 e. The fraction of sp³-hybridized carbons (Fsp3) is 0.400. The third-order valence-electron chi connectivity index (χ3n) is 2.59. The minimum atomic E-state index is 0.503. The van der Waals surface area contributed by atoms with Crippen molar-refractivity contribution in [3.8, 4) is 5.75 Å². The lowest BCUT2D eigenvalue weighted by molar-refractivity contribution is 0.111. The van der Waals surface area contributed by atoms with E-state index >= 15 is 0 Å². The predicted molar refractivity (Wildman–Crippen MR) is 75.7 cm³/mol. The molecule has 0 aromatic heterocycles. The van der Waals surface area contributed by atoms with Gasteiger partial charge in [-0.3, -0.25) is 4.79 Å². The quantitative estimate of drug-likeness (QED) is 0.543. The van der Waals surface area contributed by atoms with E-state index in [-0.39, 0.29) is 0 Å². The molecule has 0 atom stereocenters. The largest absolute Gasteiger partial charge is 0.493 e. The number of halogens is 1. The van der Waals surface area contributed by atoms with Crippen molar-refractivity contribution < 1.29 is 9.53 Å². The Kier molecular flexibility index (Phi) is 5.93. The molecule has 0 N–H and O–H groups in total. The summed E-state index contributed by atoms with van der Waals surface area (Å²) in [4.78, 5) is 11.1. The molecule has 0 aliphatic heterocycles. The fourth-order valence-electron chi connectivity index (χ4n) is 1.64. The van der Waals surface area contributed by atoms with Crippen LogP contribution in [0.4, 0.5) is 0 Å². The van der Waals surface area contributed by atoms with E-state index in [4.69, 9.17) is 16.3 Å². The summed E-state index contributed by atoms with van der Waals surface area (Å²) in [5.74, 6) is 1.20. The Morgan fingerprint density at radius 1 is 1.44 bits per heavy atom. The lowest BCUT2D eigenvalue weighted by Crippen LogP contribution is -2.05. The standard InChI is InChI=1S/C15H19ClO2/c1-4-5-12-8-14(16)9-13(10-17)15(12)18-7-6-11(2)3/h4,8-11H,1,5-7H2,2-3H3. The molecular weight excluding hydrogens is 248 g/mol. The second kappa shape index (κ2) is 7.22. The molecule has 0 spiro atoms. The first-order valence-electron chi connectivity index (χ1n) is 6.09. The average Bonchev–Trinajstić information content (AvgIpc) is 2.31. The summed E-state index contributed by atoms with van der Waals surface area (Å²) in [5.41, 5.74) is 1.41. The molecule has 0 saturated heterocycles. The van der Waals surface area contributed by atoms with Gasteiger partial charge in [-0.25, -0.2) is 0 Å². The molecule has 0 unspecified atom stereocenters. The Morgan fingerprint density at radius 3 is 2.72 bits per heavy atom. The molecule has 0 radical (unpaired) electrons. The van der Waals surface area contributed by atoms with E-state index < -0.39 is 0 Å². The number of carbonyl (C=O) groups is 1. The highest BCUT2D eigenvalue weighted by Crippen LogP contribution is 2.28. The van der Waals surface area contributed by atoms with Gasteiger partial charge < -0.3 is 4.74 Å². The van der Waals surface area contributed by atoms with Gasteiger partial charge in [-0.15, -0.1) is 6.58 Å². The van der Waals surface area contributed by atoms with Crippen LogP contribution in [-0.4, -0.2) is 12.9 Å². The van der Waals surface area contributed by atoms with E-state index in [2.05, 4.69) is 20.4 Å². The monoisotopic (exact) mass is 266 g/mol. The predicted octanol–water partition coefficient (Wildman–Crippen LogP) is 4.31. The van der Waals surface area contributed by atoms with Crippen molar-refractivity contribution in [2.45, 2.75) is 26.7 Å². The molecule has 0 bridgehead atoms. The van der Waals surface area contributed by atoms with Crippen molar-refractivity contribution in [2.75, 3.05) is 6.61 Å². The Bertz CT molecular complexity index is 425. The second-order valence-corrected chi connectivity index (χ2v) is 5.06. The van der Waals surface area contributed by atoms with Gasteiger partial charge >= 0.3 is 0 Å². The summed E-state index contributed by atoms with van der Waals surface area (Å²) in [6.07, 6.45) is 4.14. The molecule has 0 aliphatic carbocycles. The first-order chi connectivity index (χ1) is 8.58. The van der Waals surface area contributed by atoms with Crippen molar-refractivity contribution in [1.29, 1.82) is 0 Å². The van der Waals surface area contributed by atoms with Crippen LogP contribution in [0.15, 0.2) is 24.8 Å². The molecule has 18 heavy (non-hydrogen) atoms. The van der Waals surface area contributed by atoms with Crippen LogP contribution in [0.3, 0.4) is 0 Å². The van der Waals surface area contributed by atoms with Crippen molar-refractivity contribution >= 4 is 17.9 Å². The van der Waals surface area contributed by atoms with Crippen LogP contribution in [0, 0.1) is 5.92 Å². The van der Waals surface area contributed by atoms with Gasteiger partial charge in [-0.1, -0.05) is 31.5 Å². The van der Waals surface area contributed by atoms with Gasteiger partial charge in [0, 0.05) is 10.6 Å². The van der Waals surface area contributed by atoms with Crippen LogP contribution in [0.25, 0.3) is 0 Å². The van der Waals surface area contributed by atoms with Crippen LogP contribution in [-0.2, 0) is 6.42 Å². The van der Waals surface area contributed by atoms with E-state index in [1.54, 1.807) is 12.1 Å². The van der Waals surface area contributed by atoms with Crippen LogP contribution in [0.2, 0.25) is 5.02 Å². The Labute approximate surface area is 114 Å². The number of hydrogen-bond donors (Lipinski definition) is 0. The topological polar surface area (TPSA) is 26.3 Å². The molecule has 1 aromatic carbocycles. The minimum absolute atomic E-state index is 0.503. The maximum absolute atomic E-state index is 11.1. The van der Waals surface area contributed by atoms with Gasteiger partial charge in [0.25, 0.3) is 0 Å². The van der Waals surface area contributed by atoms with Gasteiger partial charge in [0.1, 0.15) is 5.75 Å². The van der Waals surface area contributed by atoms with Gasteiger partial charge in [0.2, 0.25) is 0 Å². The lowest BCUT2D eigenvalue weighted by Gasteiger charge is -2.14. The van der Waals surface area contributed by atoms with Crippen LogP contribution in [0.1, 0.15) is 36.2 Å². The molecule has 0 saturated carbocycles. The second-order valence-electron chi connectivity index (χ2n) is 4.62. The Balaban J connectivity index is 2.97. The van der Waals surface area contributed by atoms with Gasteiger partial charge in [0.05, 0.1) is 12.2 Å². The summed E-state index contributed by atoms with van der Waals surface area (Å²) in [7, 11) is 0. The smallest absolute Gasteiger partial charge is 0.153 e. The molecule has 0 amide bonds. The number of rotatable bonds is 7. The molecule has 3 heteroatoms. The van der Waals surface area contributed by atoms with Crippen molar-refractivity contribution in [3.63, 3.8) is 0 Å². The molecule has 0 heterocycles. The lowest BCUT2D eigenvalue weighted by atomic mass is 10.1. The highest BCUT2D eigenvalue weighted by atomic mass is 35.5. The van der Waals surface area contributed by atoms with E-state index in [0.29, 0.717) is 35.3 Å². The number of allylic oxidation sites excluding steroid dienone is 1. The SMILES string of the molecule is C=CCc1cc(Cl)cc(C=O)c1OCCC(C)C. The van der Waals surface area contributed by atoms with Crippen LogP contribution in [0.5, 0.6) is 5.75 Å². The number of aldehydes is 1. The van der Waals surface area contributed by atoms with Gasteiger partial charge in [0.15, 0.2) is 6.29 Å². The van der Waals surface area contributed by atoms with Gasteiger partial charge in [-0.2, -0.15) is 0 Å². The van der Waals surface area contributed by atoms with Gasteiger partial charge in [-0.05, 0) is 30.9 Å². The van der Waals surface area contributed by atoms with Crippen molar-refractivity contribution in [2.24, 2.45) is 5.92 Å². The van der Waals surface area contributed by atoms with E-state index in [9.17, 15) is 4.79 Å². The maximum atomic E-state index is 11.1. The minimum Gasteiger partial charge on any atom is -0.493 e. The van der Waals surface area contributed by atoms with E-state index in [1.807, 2.05) is 6.07 Å². The zero-order valence-corrected chi connectivity index (χ0v) is 11.7. The van der Waals surface area contributed by atoms with Crippen LogP contribution < -0.4 is 4.74 Å². The number of benzene rings is 1. The highest BCUT2D eigenvalue weighted by Gasteiger charge is 2.11. The normalized spacial score (nSPS) is 10.4. The number of hydrogen-bond acceptors (Lipinski definition) is 2. The molecule has 1 aromatic rings. The summed E-state index contributed by atoms with van der Waals surface area (Å²) < 4.78 is 5.74. The first-order valence-corrected chi connectivity index (χ1v) is 6.47. The average molecular weight is 267 g/mol. The number of ether oxygens (including phenoxy) is 1. The summed E-state index contributed by atoms with van der Waals surface area (Å²) >= 11 is 5.97. The van der Waals surface area contributed by atoms with Crippen molar-refractivity contribution in [1.82, 2.24) is 0 Å². The number of carbonyl (C=O) groups excluding carboxylic acids is 1. The third kappa shape index (κ3) is 4.19. The fourth-order valence-corrected chi connectivity index (χ4v) is 1.89. The molecule has 0 fully saturated rings. The Morgan fingerprint density at radius 2 is 2.17 bits per heavy atom. The molecule has 1 rings (SSSR count). The Hall–Kier alpha value is -1.28. The molecular formula is C15H19ClO2. The summed E-state index contributed by atoms with van der Waals surface area (Å²) in [6.45, 7) is 8.58. The summed E-state index contributed by atoms with van der Waals surface area (Å²) in [6, 6.07) is 3.45. The molecule has 0 aliphatic rings. The zero-order chi connectivity index (χ0) is 13.5. The first kappa shape index (κ1) is 14.8. The molecule has 2 nitrogen and oxygen atoms in total. The van der Waals surface area contributed by atoms with E-state index in [1.165, 1.54) is 0 Å². The third-order valence-corrected chi connectivity index (χ3v) is 2.81. The van der Waals surface area contributed by atoms with Crippen LogP contribution >= 0.6 is 11.6 Å². The van der Waals surface area contributed by atoms with E-state index in [0.717, 1.165) is 18.3 Å².